The van der Waals surface area contributed by atoms with Crippen LogP contribution in [0.1, 0.15) is 22.9 Å². The maximum absolute atomic E-state index is 6.29. The number of hydrogen-bond acceptors (Lipinski definition) is 2. The first-order valence-electron chi connectivity index (χ1n) is 6.36. The van der Waals surface area contributed by atoms with Gasteiger partial charge in [-0.15, -0.1) is 0 Å². The lowest BCUT2D eigenvalue weighted by molar-refractivity contribution is 0.523. The summed E-state index contributed by atoms with van der Waals surface area (Å²) in [7, 11) is 0. The van der Waals surface area contributed by atoms with Crippen molar-refractivity contribution < 1.29 is 4.42 Å². The van der Waals surface area contributed by atoms with Crippen LogP contribution < -0.4 is 5.73 Å². The van der Waals surface area contributed by atoms with Gasteiger partial charge in [-0.25, -0.2) is 0 Å². The van der Waals surface area contributed by atoms with Crippen LogP contribution >= 0.6 is 39.1 Å². The lowest BCUT2D eigenvalue weighted by Gasteiger charge is -2.11. The Morgan fingerprint density at radius 2 is 1.95 bits per heavy atom. The van der Waals surface area contributed by atoms with E-state index in [9.17, 15) is 0 Å². The first-order valence-corrected chi connectivity index (χ1v) is 7.91. The van der Waals surface area contributed by atoms with Crippen molar-refractivity contribution in [3.05, 3.63) is 67.8 Å². The Kier molecular flexibility index (Phi) is 4.02. The molecule has 2 aromatic carbocycles. The van der Waals surface area contributed by atoms with Gasteiger partial charge in [0.25, 0.3) is 0 Å². The van der Waals surface area contributed by atoms with Crippen molar-refractivity contribution in [2.75, 3.05) is 0 Å². The van der Waals surface area contributed by atoms with E-state index in [-0.39, 0.29) is 0 Å². The maximum Gasteiger partial charge on any atom is 0.137 e. The van der Waals surface area contributed by atoms with Crippen LogP contribution in [-0.4, -0.2) is 0 Å². The highest BCUT2D eigenvalue weighted by Gasteiger charge is 2.19. The molecule has 5 heteroatoms. The Morgan fingerprint density at radius 3 is 2.71 bits per heavy atom. The highest BCUT2D eigenvalue weighted by atomic mass is 79.9. The summed E-state index contributed by atoms with van der Waals surface area (Å²) in [5.74, 6) is 0.662. The smallest absolute Gasteiger partial charge is 0.137 e. The lowest BCUT2D eigenvalue weighted by atomic mass is 10.1. The minimum atomic E-state index is -0.457. The van der Waals surface area contributed by atoms with Crippen LogP contribution in [0.25, 0.3) is 11.0 Å². The van der Waals surface area contributed by atoms with Gasteiger partial charge in [-0.2, -0.15) is 0 Å². The molecule has 21 heavy (non-hydrogen) atoms. The Bertz CT molecular complexity index is 829. The van der Waals surface area contributed by atoms with Crippen molar-refractivity contribution in [2.24, 2.45) is 5.73 Å². The van der Waals surface area contributed by atoms with Crippen LogP contribution in [-0.2, 0) is 0 Å². The molecule has 3 aromatic rings. The molecule has 0 fully saturated rings. The quantitative estimate of drug-likeness (QED) is 0.601. The van der Waals surface area contributed by atoms with E-state index in [0.29, 0.717) is 15.8 Å². The van der Waals surface area contributed by atoms with Gasteiger partial charge >= 0.3 is 0 Å². The van der Waals surface area contributed by atoms with Gasteiger partial charge in [-0.05, 0) is 42.3 Å². The minimum Gasteiger partial charge on any atom is -0.459 e. The molecule has 0 spiro atoms. The van der Waals surface area contributed by atoms with Crippen molar-refractivity contribution >= 4 is 50.1 Å². The van der Waals surface area contributed by atoms with Gasteiger partial charge in [0.15, 0.2) is 0 Å². The molecule has 0 aliphatic carbocycles. The number of furan rings is 1. The van der Waals surface area contributed by atoms with Crippen molar-refractivity contribution in [3.8, 4) is 0 Å². The summed E-state index contributed by atoms with van der Waals surface area (Å²) in [6, 6.07) is 10.9. The number of halogens is 3. The van der Waals surface area contributed by atoms with Crippen LogP contribution in [0.2, 0.25) is 10.0 Å². The van der Waals surface area contributed by atoms with Crippen molar-refractivity contribution in [1.29, 1.82) is 0 Å². The van der Waals surface area contributed by atoms with Gasteiger partial charge in [0.2, 0.25) is 0 Å². The van der Waals surface area contributed by atoms with Gasteiger partial charge in [0.05, 0.1) is 16.1 Å². The predicted octanol–water partition coefficient (Wildman–Crippen LogP) is 5.86. The zero-order chi connectivity index (χ0) is 15.1. The molecule has 3 rings (SSSR count). The maximum atomic E-state index is 6.29. The Morgan fingerprint density at radius 1 is 1.19 bits per heavy atom. The highest BCUT2D eigenvalue weighted by molar-refractivity contribution is 9.10. The van der Waals surface area contributed by atoms with Gasteiger partial charge in [0.1, 0.15) is 11.3 Å². The summed E-state index contributed by atoms with van der Waals surface area (Å²) in [5, 5.41) is 1.95. The Hall–Kier alpha value is -1.00. The van der Waals surface area contributed by atoms with E-state index < -0.39 is 6.04 Å². The van der Waals surface area contributed by atoms with Crippen molar-refractivity contribution in [2.45, 2.75) is 13.0 Å². The molecular formula is C16H12BrCl2NO. The third kappa shape index (κ3) is 2.71. The summed E-state index contributed by atoms with van der Waals surface area (Å²) in [5.41, 5.74) is 8.93. The molecule has 108 valence electrons. The SMILES string of the molecule is Cc1cc(Br)cc2cc(C(N)c3cccc(Cl)c3Cl)oc12. The molecule has 0 bridgehead atoms. The zero-order valence-corrected chi connectivity index (χ0v) is 14.3. The molecule has 1 atom stereocenters. The fourth-order valence-corrected chi connectivity index (χ4v) is 3.39. The molecule has 0 amide bonds. The third-order valence-corrected chi connectivity index (χ3v) is 4.70. The molecule has 0 radical (unpaired) electrons. The Labute approximate surface area is 141 Å². The van der Waals surface area contributed by atoms with E-state index in [1.807, 2.05) is 37.3 Å². The molecule has 0 aliphatic heterocycles. The number of benzene rings is 2. The second-order valence-corrected chi connectivity index (χ2v) is 6.61. The summed E-state index contributed by atoms with van der Waals surface area (Å²) in [6.45, 7) is 2.00. The molecule has 1 aromatic heterocycles. The summed E-state index contributed by atoms with van der Waals surface area (Å²) in [6.07, 6.45) is 0. The summed E-state index contributed by atoms with van der Waals surface area (Å²) < 4.78 is 6.93. The lowest BCUT2D eigenvalue weighted by Crippen LogP contribution is -2.11. The number of hydrogen-bond donors (Lipinski definition) is 1. The van der Waals surface area contributed by atoms with Crippen LogP contribution in [0, 0.1) is 6.92 Å². The summed E-state index contributed by atoms with van der Waals surface area (Å²) >= 11 is 15.8. The van der Waals surface area contributed by atoms with Gasteiger partial charge in [-0.3, -0.25) is 0 Å². The van der Waals surface area contributed by atoms with Crippen LogP contribution in [0.3, 0.4) is 0 Å². The number of fused-ring (bicyclic) bond motifs is 1. The van der Waals surface area contributed by atoms with E-state index in [0.717, 1.165) is 26.6 Å². The molecule has 0 aliphatic rings. The van der Waals surface area contributed by atoms with E-state index in [4.69, 9.17) is 33.4 Å². The van der Waals surface area contributed by atoms with E-state index in [2.05, 4.69) is 15.9 Å². The van der Waals surface area contributed by atoms with E-state index in [1.54, 1.807) is 6.07 Å². The zero-order valence-electron chi connectivity index (χ0n) is 11.2. The number of aryl methyl sites for hydroxylation is 1. The molecule has 0 saturated carbocycles. The Balaban J connectivity index is 2.12. The average molecular weight is 385 g/mol. The predicted molar refractivity (Wildman–Crippen MR) is 91.1 cm³/mol. The first-order chi connectivity index (χ1) is 9.97. The second-order valence-electron chi connectivity index (χ2n) is 4.91. The summed E-state index contributed by atoms with van der Waals surface area (Å²) in [4.78, 5) is 0. The average Bonchev–Trinajstić information content (AvgIpc) is 2.85. The highest BCUT2D eigenvalue weighted by Crippen LogP contribution is 2.35. The second kappa shape index (κ2) is 5.65. The third-order valence-electron chi connectivity index (χ3n) is 3.41. The molecule has 2 N–H and O–H groups in total. The molecule has 0 saturated heterocycles. The van der Waals surface area contributed by atoms with Gasteiger partial charge in [-0.1, -0.05) is 51.3 Å². The molecule has 1 heterocycles. The fourth-order valence-electron chi connectivity index (χ4n) is 2.37. The monoisotopic (exact) mass is 383 g/mol. The molecule has 2 nitrogen and oxygen atoms in total. The van der Waals surface area contributed by atoms with Crippen molar-refractivity contribution in [3.63, 3.8) is 0 Å². The molecular weight excluding hydrogens is 373 g/mol. The first kappa shape index (κ1) is 14.9. The standard InChI is InChI=1S/C16H12BrCl2NO/c1-8-5-10(17)6-9-7-13(21-16(8)9)15(20)11-3-2-4-12(18)14(11)19/h2-7,15H,20H2,1H3. The fraction of sp³-hybridized carbons (Fsp3) is 0.125. The van der Waals surface area contributed by atoms with E-state index >= 15 is 0 Å². The minimum absolute atomic E-state index is 0.457. The topological polar surface area (TPSA) is 39.2 Å². The van der Waals surface area contributed by atoms with Crippen LogP contribution in [0.4, 0.5) is 0 Å². The largest absolute Gasteiger partial charge is 0.459 e. The normalized spacial score (nSPS) is 12.8. The van der Waals surface area contributed by atoms with Gasteiger partial charge < -0.3 is 10.2 Å². The van der Waals surface area contributed by atoms with E-state index in [1.165, 1.54) is 0 Å². The number of nitrogens with two attached hydrogens (primary N) is 1. The van der Waals surface area contributed by atoms with Crippen LogP contribution in [0.15, 0.2) is 45.3 Å². The number of rotatable bonds is 2. The van der Waals surface area contributed by atoms with Crippen molar-refractivity contribution in [1.82, 2.24) is 0 Å². The molecule has 1 unspecified atom stereocenters. The van der Waals surface area contributed by atoms with Gasteiger partial charge in [0, 0.05) is 9.86 Å². The van der Waals surface area contributed by atoms with Crippen LogP contribution in [0.5, 0.6) is 0 Å².